The van der Waals surface area contributed by atoms with Crippen LogP contribution in [0.15, 0.2) is 18.2 Å². The molecule has 2 N–H and O–H groups in total. The molecule has 1 unspecified atom stereocenters. The van der Waals surface area contributed by atoms with E-state index >= 15 is 0 Å². The number of carbonyl (C=O) groups excluding carboxylic acids is 1. The topological polar surface area (TPSA) is 58.6 Å². The second-order valence-electron chi connectivity index (χ2n) is 3.69. The number of hydrogen-bond donors (Lipinski definition) is 2. The zero-order valence-electron chi connectivity index (χ0n) is 9.86. The summed E-state index contributed by atoms with van der Waals surface area (Å²) in [7, 11) is 0. The highest BCUT2D eigenvalue weighted by molar-refractivity contribution is 5.80. The van der Waals surface area contributed by atoms with E-state index in [-0.39, 0.29) is 18.2 Å². The van der Waals surface area contributed by atoms with E-state index in [0.717, 1.165) is 5.56 Å². The number of amides is 1. The van der Waals surface area contributed by atoms with Gasteiger partial charge in [0.05, 0.1) is 6.54 Å². The second-order valence-corrected chi connectivity index (χ2v) is 3.69. The number of aryl methyl sites for hydroxylation is 1. The minimum absolute atomic E-state index is 0.108. The summed E-state index contributed by atoms with van der Waals surface area (Å²) in [6.45, 7) is 3.62. The first-order valence-corrected chi connectivity index (χ1v) is 5.21. The summed E-state index contributed by atoms with van der Waals surface area (Å²) in [6, 6.07) is 4.80. The van der Waals surface area contributed by atoms with Crippen LogP contribution in [0.3, 0.4) is 0 Å². The van der Waals surface area contributed by atoms with Crippen LogP contribution in [-0.2, 0) is 4.79 Å². The Kier molecular flexibility index (Phi) is 4.41. The maximum absolute atomic E-state index is 11.5. The van der Waals surface area contributed by atoms with Gasteiger partial charge in [-0.15, -0.1) is 6.42 Å². The van der Waals surface area contributed by atoms with Crippen molar-refractivity contribution in [1.29, 1.82) is 0 Å². The van der Waals surface area contributed by atoms with Crippen LogP contribution < -0.4 is 10.1 Å². The van der Waals surface area contributed by atoms with Gasteiger partial charge in [0.1, 0.15) is 11.5 Å². The molecule has 1 aromatic carbocycles. The van der Waals surface area contributed by atoms with Crippen molar-refractivity contribution in [1.82, 2.24) is 5.32 Å². The SMILES string of the molecule is C#CCNC(=O)C(C)Oc1cc(C)cc(O)c1. The molecule has 1 atom stereocenters. The van der Waals surface area contributed by atoms with Crippen LogP contribution in [0.1, 0.15) is 12.5 Å². The van der Waals surface area contributed by atoms with Crippen molar-refractivity contribution in [2.24, 2.45) is 0 Å². The van der Waals surface area contributed by atoms with Gasteiger partial charge < -0.3 is 15.2 Å². The number of nitrogens with one attached hydrogen (secondary N) is 1. The Morgan fingerprint density at radius 1 is 1.59 bits per heavy atom. The van der Waals surface area contributed by atoms with E-state index in [0.29, 0.717) is 5.75 Å². The summed E-state index contributed by atoms with van der Waals surface area (Å²) in [5.41, 5.74) is 0.858. The average molecular weight is 233 g/mol. The Hall–Kier alpha value is -2.15. The normalized spacial score (nSPS) is 11.4. The smallest absolute Gasteiger partial charge is 0.261 e. The molecule has 0 saturated heterocycles. The molecular weight excluding hydrogens is 218 g/mol. The minimum Gasteiger partial charge on any atom is -0.508 e. The third-order valence-electron chi connectivity index (χ3n) is 2.08. The highest BCUT2D eigenvalue weighted by atomic mass is 16.5. The van der Waals surface area contributed by atoms with Gasteiger partial charge in [0.2, 0.25) is 0 Å². The molecule has 0 aliphatic heterocycles. The second kappa shape index (κ2) is 5.80. The first kappa shape index (κ1) is 12.9. The lowest BCUT2D eigenvalue weighted by atomic mass is 10.2. The fourth-order valence-electron chi connectivity index (χ4n) is 1.34. The number of aromatic hydroxyl groups is 1. The molecule has 90 valence electrons. The van der Waals surface area contributed by atoms with Crippen molar-refractivity contribution in [3.8, 4) is 23.8 Å². The van der Waals surface area contributed by atoms with Crippen molar-refractivity contribution < 1.29 is 14.6 Å². The maximum atomic E-state index is 11.5. The molecule has 0 fully saturated rings. The van der Waals surface area contributed by atoms with Crippen LogP contribution in [-0.4, -0.2) is 23.7 Å². The summed E-state index contributed by atoms with van der Waals surface area (Å²) in [6.07, 6.45) is 4.37. The van der Waals surface area contributed by atoms with Gasteiger partial charge in [-0.05, 0) is 31.5 Å². The Labute approximate surface area is 101 Å². The largest absolute Gasteiger partial charge is 0.508 e. The lowest BCUT2D eigenvalue weighted by molar-refractivity contribution is -0.127. The molecule has 0 spiro atoms. The van der Waals surface area contributed by atoms with Gasteiger partial charge in [0, 0.05) is 6.07 Å². The van der Waals surface area contributed by atoms with E-state index in [9.17, 15) is 9.90 Å². The lowest BCUT2D eigenvalue weighted by Gasteiger charge is -2.14. The van der Waals surface area contributed by atoms with Gasteiger partial charge in [0.15, 0.2) is 6.10 Å². The summed E-state index contributed by atoms with van der Waals surface area (Å²) in [5, 5.41) is 11.9. The molecule has 0 heterocycles. The van der Waals surface area contributed by atoms with Gasteiger partial charge in [-0.3, -0.25) is 4.79 Å². The number of phenolic OH excluding ortho intramolecular Hbond substituents is 1. The Morgan fingerprint density at radius 3 is 2.88 bits per heavy atom. The van der Waals surface area contributed by atoms with Crippen molar-refractivity contribution in [3.63, 3.8) is 0 Å². The standard InChI is InChI=1S/C13H15NO3/c1-4-5-14-13(16)10(3)17-12-7-9(2)6-11(15)8-12/h1,6-8,10,15H,5H2,2-3H3,(H,14,16). The zero-order chi connectivity index (χ0) is 12.8. The third kappa shape index (κ3) is 4.07. The molecule has 1 amide bonds. The van der Waals surface area contributed by atoms with E-state index in [2.05, 4.69) is 11.2 Å². The van der Waals surface area contributed by atoms with Crippen molar-refractivity contribution in [2.75, 3.05) is 6.54 Å². The molecular formula is C13H15NO3. The van der Waals surface area contributed by atoms with Crippen LogP contribution in [0, 0.1) is 19.3 Å². The number of terminal acetylenes is 1. The quantitative estimate of drug-likeness (QED) is 0.769. The lowest BCUT2D eigenvalue weighted by Crippen LogP contribution is -2.36. The summed E-state index contributed by atoms with van der Waals surface area (Å²) in [5.74, 6) is 2.58. The molecule has 0 aromatic heterocycles. The molecule has 4 nitrogen and oxygen atoms in total. The highest BCUT2D eigenvalue weighted by Crippen LogP contribution is 2.22. The number of hydrogen-bond acceptors (Lipinski definition) is 3. The summed E-state index contributed by atoms with van der Waals surface area (Å²) < 4.78 is 5.39. The van der Waals surface area contributed by atoms with E-state index < -0.39 is 6.10 Å². The zero-order valence-corrected chi connectivity index (χ0v) is 9.86. The molecule has 1 aromatic rings. The number of ether oxygens (including phenoxy) is 1. The summed E-state index contributed by atoms with van der Waals surface area (Å²) >= 11 is 0. The molecule has 4 heteroatoms. The Bertz CT molecular complexity index is 428. The van der Waals surface area contributed by atoms with Gasteiger partial charge in [0.25, 0.3) is 5.91 Å². The average Bonchev–Trinajstić information content (AvgIpc) is 2.24. The van der Waals surface area contributed by atoms with Crippen molar-refractivity contribution >= 4 is 5.91 Å². The summed E-state index contributed by atoms with van der Waals surface area (Å²) in [4.78, 5) is 11.5. The van der Waals surface area contributed by atoms with E-state index in [1.807, 2.05) is 6.92 Å². The predicted octanol–water partition coefficient (Wildman–Crippen LogP) is 1.22. The third-order valence-corrected chi connectivity index (χ3v) is 2.08. The van der Waals surface area contributed by atoms with Crippen LogP contribution in [0.2, 0.25) is 0 Å². The number of benzene rings is 1. The fraction of sp³-hybridized carbons (Fsp3) is 0.308. The number of phenols is 1. The molecule has 0 aliphatic rings. The molecule has 17 heavy (non-hydrogen) atoms. The number of carbonyl (C=O) groups is 1. The molecule has 0 bridgehead atoms. The molecule has 0 aliphatic carbocycles. The molecule has 0 radical (unpaired) electrons. The Balaban J connectivity index is 2.64. The van der Waals surface area contributed by atoms with Crippen molar-refractivity contribution in [2.45, 2.75) is 20.0 Å². The van der Waals surface area contributed by atoms with Gasteiger partial charge in [-0.25, -0.2) is 0 Å². The van der Waals surface area contributed by atoms with Crippen LogP contribution in [0.5, 0.6) is 11.5 Å². The fourth-order valence-corrected chi connectivity index (χ4v) is 1.34. The monoisotopic (exact) mass is 233 g/mol. The van der Waals surface area contributed by atoms with Gasteiger partial charge >= 0.3 is 0 Å². The van der Waals surface area contributed by atoms with Crippen LogP contribution in [0.4, 0.5) is 0 Å². The maximum Gasteiger partial charge on any atom is 0.261 e. The van der Waals surface area contributed by atoms with E-state index in [1.54, 1.807) is 19.1 Å². The van der Waals surface area contributed by atoms with E-state index in [4.69, 9.17) is 11.2 Å². The molecule has 1 rings (SSSR count). The van der Waals surface area contributed by atoms with Crippen molar-refractivity contribution in [3.05, 3.63) is 23.8 Å². The van der Waals surface area contributed by atoms with Crippen LogP contribution in [0.25, 0.3) is 0 Å². The van der Waals surface area contributed by atoms with Gasteiger partial charge in [-0.2, -0.15) is 0 Å². The number of rotatable bonds is 4. The van der Waals surface area contributed by atoms with E-state index in [1.165, 1.54) is 6.07 Å². The Morgan fingerprint density at radius 2 is 2.29 bits per heavy atom. The van der Waals surface area contributed by atoms with Crippen LogP contribution >= 0.6 is 0 Å². The highest BCUT2D eigenvalue weighted by Gasteiger charge is 2.14. The predicted molar refractivity (Wildman–Crippen MR) is 64.8 cm³/mol. The van der Waals surface area contributed by atoms with Gasteiger partial charge in [-0.1, -0.05) is 5.92 Å². The minimum atomic E-state index is -0.662. The first-order chi connectivity index (χ1) is 8.02. The molecule has 0 saturated carbocycles. The first-order valence-electron chi connectivity index (χ1n) is 5.21.